The molecule has 0 fully saturated rings. The maximum Gasteiger partial charge on any atom is 0.362 e. The number of hydrogen-bond acceptors (Lipinski definition) is 6. The molecule has 0 aliphatic rings. The highest BCUT2D eigenvalue weighted by molar-refractivity contribution is 6.32. The lowest BCUT2D eigenvalue weighted by Gasteiger charge is -2.10. The van der Waals surface area contributed by atoms with Gasteiger partial charge in [0, 0.05) is 6.20 Å². The van der Waals surface area contributed by atoms with Gasteiger partial charge in [-0.25, -0.2) is 14.3 Å². The highest BCUT2D eigenvalue weighted by Gasteiger charge is 2.22. The van der Waals surface area contributed by atoms with E-state index in [-0.39, 0.29) is 5.56 Å². The third kappa shape index (κ3) is 2.84. The fraction of sp³-hybridized carbons (Fsp3) is 0.143. The molecule has 2 aromatic rings. The van der Waals surface area contributed by atoms with Gasteiger partial charge < -0.3 is 9.47 Å². The van der Waals surface area contributed by atoms with Crippen molar-refractivity contribution in [2.75, 3.05) is 14.2 Å². The topological polar surface area (TPSA) is 87.5 Å². The zero-order valence-electron chi connectivity index (χ0n) is 11.7. The normalized spacial score (nSPS) is 10.1. The Kier molecular flexibility index (Phi) is 4.57. The van der Waals surface area contributed by atoms with E-state index in [4.69, 9.17) is 11.6 Å². The number of hydrogen-bond donors (Lipinski definition) is 0. The summed E-state index contributed by atoms with van der Waals surface area (Å²) in [6, 6.07) is 6.61. The van der Waals surface area contributed by atoms with E-state index in [1.54, 1.807) is 24.3 Å². The van der Waals surface area contributed by atoms with Crippen LogP contribution in [0.2, 0.25) is 5.02 Å². The zero-order valence-corrected chi connectivity index (χ0v) is 12.5. The number of esters is 2. The van der Waals surface area contributed by atoms with Crippen LogP contribution in [0.4, 0.5) is 0 Å². The van der Waals surface area contributed by atoms with Crippen molar-refractivity contribution in [2.45, 2.75) is 0 Å². The van der Waals surface area contributed by atoms with E-state index in [1.165, 1.54) is 0 Å². The van der Waals surface area contributed by atoms with E-state index in [0.717, 1.165) is 25.1 Å². The van der Waals surface area contributed by atoms with Gasteiger partial charge in [-0.15, -0.1) is 0 Å². The molecular formula is C14H11ClN2O5. The summed E-state index contributed by atoms with van der Waals surface area (Å²) in [5.74, 6) is -1.85. The van der Waals surface area contributed by atoms with Gasteiger partial charge in [0.15, 0.2) is 0 Å². The molecule has 1 aromatic carbocycles. The Labute approximate surface area is 130 Å². The van der Waals surface area contributed by atoms with Gasteiger partial charge in [0.2, 0.25) is 11.1 Å². The number of rotatable bonds is 3. The van der Waals surface area contributed by atoms with Crippen molar-refractivity contribution in [1.82, 2.24) is 9.78 Å². The molecule has 0 spiro atoms. The number of carbonyl (C=O) groups is 2. The molecule has 0 N–H and O–H groups in total. The Morgan fingerprint density at radius 3 is 2.36 bits per heavy atom. The van der Waals surface area contributed by atoms with Crippen molar-refractivity contribution >= 4 is 23.5 Å². The molecule has 8 heteroatoms. The molecular weight excluding hydrogens is 312 g/mol. The summed E-state index contributed by atoms with van der Waals surface area (Å²) in [4.78, 5) is 35.5. The Balaban J connectivity index is 2.76. The van der Waals surface area contributed by atoms with E-state index >= 15 is 0 Å². The largest absolute Gasteiger partial charge is 0.465 e. The molecule has 114 valence electrons. The van der Waals surface area contributed by atoms with Gasteiger partial charge in [-0.05, 0) is 12.1 Å². The van der Waals surface area contributed by atoms with E-state index in [1.807, 2.05) is 0 Å². The number of methoxy groups -OCH3 is 2. The van der Waals surface area contributed by atoms with Gasteiger partial charge >= 0.3 is 11.9 Å². The lowest BCUT2D eigenvalue weighted by atomic mass is 10.2. The van der Waals surface area contributed by atoms with Crippen molar-refractivity contribution in [3.63, 3.8) is 0 Å². The minimum atomic E-state index is -0.962. The number of aromatic nitrogens is 2. The summed E-state index contributed by atoms with van der Waals surface area (Å²) in [5, 5.41) is 4.21. The number of benzene rings is 1. The second kappa shape index (κ2) is 6.40. The van der Waals surface area contributed by atoms with Crippen LogP contribution in [0.5, 0.6) is 0 Å². The quantitative estimate of drug-likeness (QED) is 0.795. The van der Waals surface area contributed by atoms with Crippen molar-refractivity contribution < 1.29 is 19.1 Å². The molecule has 2 rings (SSSR count). The van der Waals surface area contributed by atoms with Crippen LogP contribution in [0.15, 0.2) is 35.3 Å². The van der Waals surface area contributed by atoms with Gasteiger partial charge in [0.1, 0.15) is 5.56 Å². The third-order valence-electron chi connectivity index (χ3n) is 2.80. The Hall–Kier alpha value is -2.67. The van der Waals surface area contributed by atoms with E-state index in [9.17, 15) is 14.4 Å². The van der Waals surface area contributed by atoms with Crippen LogP contribution in [0.1, 0.15) is 20.8 Å². The molecule has 0 saturated carbocycles. The molecule has 0 bridgehead atoms. The van der Waals surface area contributed by atoms with Crippen molar-refractivity contribution in [3.05, 3.63) is 57.0 Å². The highest BCUT2D eigenvalue weighted by atomic mass is 35.5. The molecule has 1 heterocycles. The van der Waals surface area contributed by atoms with E-state index in [0.29, 0.717) is 10.7 Å². The zero-order chi connectivity index (χ0) is 16.3. The van der Waals surface area contributed by atoms with Gasteiger partial charge in [0.05, 0.1) is 24.9 Å². The van der Waals surface area contributed by atoms with E-state index in [2.05, 4.69) is 14.6 Å². The Morgan fingerprint density at radius 1 is 1.14 bits per heavy atom. The molecule has 22 heavy (non-hydrogen) atoms. The van der Waals surface area contributed by atoms with Gasteiger partial charge in [-0.2, -0.15) is 5.10 Å². The molecule has 7 nitrogen and oxygen atoms in total. The maximum absolute atomic E-state index is 12.1. The average Bonchev–Trinajstić information content (AvgIpc) is 2.54. The van der Waals surface area contributed by atoms with Crippen LogP contribution < -0.4 is 5.43 Å². The first-order valence-corrected chi connectivity index (χ1v) is 6.43. The smallest absolute Gasteiger partial charge is 0.362 e. The van der Waals surface area contributed by atoms with Crippen LogP contribution in [0, 0.1) is 0 Å². The fourth-order valence-corrected chi connectivity index (χ4v) is 1.96. The Morgan fingerprint density at radius 2 is 1.77 bits per heavy atom. The number of para-hydroxylation sites is 1. The predicted molar refractivity (Wildman–Crippen MR) is 77.5 cm³/mol. The van der Waals surface area contributed by atoms with Crippen LogP contribution in [0.25, 0.3) is 5.69 Å². The SMILES string of the molecule is COC(=O)c1cn(-c2ccccc2Cl)nc(C(=O)OC)c1=O. The first-order chi connectivity index (χ1) is 10.5. The van der Waals surface area contributed by atoms with Gasteiger partial charge in [-0.3, -0.25) is 4.79 Å². The molecule has 0 unspecified atom stereocenters. The number of nitrogens with zero attached hydrogens (tertiary/aromatic N) is 2. The summed E-state index contributed by atoms with van der Waals surface area (Å²) < 4.78 is 10.2. The molecule has 0 aliphatic carbocycles. The molecule has 1 aromatic heterocycles. The molecule has 0 amide bonds. The van der Waals surface area contributed by atoms with Gasteiger partial charge in [0.25, 0.3) is 0 Å². The second-order valence-corrected chi connectivity index (χ2v) is 4.51. The molecule has 0 atom stereocenters. The summed E-state index contributed by atoms with van der Waals surface area (Å²) in [7, 11) is 2.23. The maximum atomic E-state index is 12.1. The standard InChI is InChI=1S/C14H11ClN2O5/c1-21-13(19)8-7-17(10-6-4-3-5-9(10)15)16-11(12(8)18)14(20)22-2/h3-7H,1-2H3. The first-order valence-electron chi connectivity index (χ1n) is 6.05. The minimum Gasteiger partial charge on any atom is -0.465 e. The minimum absolute atomic E-state index is 0.324. The predicted octanol–water partition coefficient (Wildman–Crippen LogP) is 1.46. The van der Waals surface area contributed by atoms with Gasteiger partial charge in [-0.1, -0.05) is 23.7 Å². The monoisotopic (exact) mass is 322 g/mol. The number of ether oxygens (including phenoxy) is 2. The molecule has 0 radical (unpaired) electrons. The number of carbonyl (C=O) groups excluding carboxylic acids is 2. The molecule has 0 aliphatic heterocycles. The third-order valence-corrected chi connectivity index (χ3v) is 3.12. The Bertz CT molecular complexity index is 760. The van der Waals surface area contributed by atoms with Crippen LogP contribution >= 0.6 is 11.6 Å². The van der Waals surface area contributed by atoms with Crippen molar-refractivity contribution in [1.29, 1.82) is 0 Å². The molecule has 0 saturated heterocycles. The highest BCUT2D eigenvalue weighted by Crippen LogP contribution is 2.18. The lowest BCUT2D eigenvalue weighted by Crippen LogP contribution is -2.28. The fourth-order valence-electron chi connectivity index (χ4n) is 1.74. The van der Waals surface area contributed by atoms with Crippen molar-refractivity contribution in [2.24, 2.45) is 0 Å². The van der Waals surface area contributed by atoms with Crippen LogP contribution in [-0.4, -0.2) is 35.9 Å². The van der Waals surface area contributed by atoms with Crippen LogP contribution in [0.3, 0.4) is 0 Å². The average molecular weight is 323 g/mol. The summed E-state index contributed by atoms with van der Waals surface area (Å²) in [5.41, 5.74) is -1.37. The van der Waals surface area contributed by atoms with E-state index < -0.39 is 23.1 Å². The summed E-state index contributed by atoms with van der Waals surface area (Å²) in [6.07, 6.45) is 1.15. The van der Waals surface area contributed by atoms with Crippen LogP contribution in [-0.2, 0) is 9.47 Å². The number of halogens is 1. The first kappa shape index (κ1) is 15.7. The summed E-state index contributed by atoms with van der Waals surface area (Å²) >= 11 is 6.06. The second-order valence-electron chi connectivity index (χ2n) is 4.10. The lowest BCUT2D eigenvalue weighted by molar-refractivity contribution is 0.0587. The summed E-state index contributed by atoms with van der Waals surface area (Å²) in [6.45, 7) is 0. The van der Waals surface area contributed by atoms with Crippen molar-refractivity contribution in [3.8, 4) is 5.69 Å².